The summed E-state index contributed by atoms with van der Waals surface area (Å²) in [6, 6.07) is 14.8. The third kappa shape index (κ3) is 3.97. The SMILES string of the molecule is O=C(Cl)C=Cc1ccc(S(=O)(=O)N(Br)c2ccccc2)cc1. The molecule has 0 aliphatic rings. The van der Waals surface area contributed by atoms with Crippen LogP contribution in [-0.4, -0.2) is 13.7 Å². The molecule has 2 rings (SSSR count). The van der Waals surface area contributed by atoms with Gasteiger partial charge in [0, 0.05) is 0 Å². The van der Waals surface area contributed by atoms with Gasteiger partial charge in [-0.1, -0.05) is 36.4 Å². The van der Waals surface area contributed by atoms with Gasteiger partial charge in [0.25, 0.3) is 10.0 Å². The fraction of sp³-hybridized carbons (Fsp3) is 0. The lowest BCUT2D eigenvalue weighted by Gasteiger charge is -2.16. The molecule has 0 saturated heterocycles. The van der Waals surface area contributed by atoms with Crippen molar-refractivity contribution < 1.29 is 13.2 Å². The molecular formula is C15H11BrClNO3S. The second-order valence-corrected chi connectivity index (χ2v) is 7.60. The summed E-state index contributed by atoms with van der Waals surface area (Å²) >= 11 is 8.29. The van der Waals surface area contributed by atoms with E-state index in [1.165, 1.54) is 24.3 Å². The number of hydrogen-bond donors (Lipinski definition) is 0. The summed E-state index contributed by atoms with van der Waals surface area (Å²) in [7, 11) is -3.71. The van der Waals surface area contributed by atoms with Crippen LogP contribution in [0.5, 0.6) is 0 Å². The average Bonchev–Trinajstić information content (AvgIpc) is 2.53. The standard InChI is InChI=1S/C15H11BrClNO3S/c16-18(13-4-2-1-3-5-13)22(20,21)14-9-6-12(7-10-14)8-11-15(17)19/h1-11H. The van der Waals surface area contributed by atoms with Gasteiger partial charge in [-0.15, -0.1) is 0 Å². The molecule has 2 aromatic carbocycles. The van der Waals surface area contributed by atoms with Crippen molar-refractivity contribution in [3.8, 4) is 0 Å². The highest BCUT2D eigenvalue weighted by Crippen LogP contribution is 2.26. The molecule has 22 heavy (non-hydrogen) atoms. The number of sulfonamides is 1. The van der Waals surface area contributed by atoms with E-state index in [1.54, 1.807) is 42.5 Å². The van der Waals surface area contributed by atoms with Crippen LogP contribution in [0.4, 0.5) is 5.69 Å². The molecule has 0 radical (unpaired) electrons. The highest BCUT2D eigenvalue weighted by Gasteiger charge is 2.22. The van der Waals surface area contributed by atoms with E-state index in [0.29, 0.717) is 11.3 Å². The maximum absolute atomic E-state index is 12.5. The van der Waals surface area contributed by atoms with Gasteiger partial charge >= 0.3 is 0 Å². The molecule has 0 aromatic heterocycles. The molecule has 0 spiro atoms. The quantitative estimate of drug-likeness (QED) is 0.433. The van der Waals surface area contributed by atoms with E-state index in [0.717, 1.165) is 3.33 Å². The number of carbonyl (C=O) groups excluding carboxylic acids is 1. The minimum Gasteiger partial charge on any atom is -0.276 e. The van der Waals surface area contributed by atoms with Crippen LogP contribution in [0, 0.1) is 0 Å². The molecule has 2 aromatic rings. The van der Waals surface area contributed by atoms with E-state index >= 15 is 0 Å². The first-order valence-corrected chi connectivity index (χ1v) is 8.68. The van der Waals surface area contributed by atoms with Crippen molar-refractivity contribution >= 4 is 54.8 Å². The lowest BCUT2D eigenvalue weighted by molar-refractivity contribution is -0.107. The summed E-state index contributed by atoms with van der Waals surface area (Å²) in [4.78, 5) is 10.8. The monoisotopic (exact) mass is 399 g/mol. The molecular weight excluding hydrogens is 390 g/mol. The minimum atomic E-state index is -3.71. The van der Waals surface area contributed by atoms with Gasteiger partial charge in [-0.3, -0.25) is 4.79 Å². The summed E-state index contributed by atoms with van der Waals surface area (Å²) in [5, 5.41) is -0.590. The Balaban J connectivity index is 2.28. The molecule has 0 fully saturated rings. The van der Waals surface area contributed by atoms with E-state index in [4.69, 9.17) is 11.6 Å². The van der Waals surface area contributed by atoms with Crippen LogP contribution in [0.25, 0.3) is 6.08 Å². The Morgan fingerprint density at radius 2 is 1.64 bits per heavy atom. The molecule has 0 unspecified atom stereocenters. The number of benzene rings is 2. The third-order valence-electron chi connectivity index (χ3n) is 2.75. The number of para-hydroxylation sites is 1. The number of nitrogens with zero attached hydrogens (tertiary/aromatic N) is 1. The molecule has 0 amide bonds. The van der Waals surface area contributed by atoms with Crippen molar-refractivity contribution in [2.45, 2.75) is 4.90 Å². The second kappa shape index (κ2) is 7.09. The van der Waals surface area contributed by atoms with Gasteiger partial charge in [-0.25, -0.2) is 8.42 Å². The van der Waals surface area contributed by atoms with Gasteiger partial charge in [-0.05, 0) is 47.5 Å². The van der Waals surface area contributed by atoms with Crippen molar-refractivity contribution in [1.29, 1.82) is 0 Å². The normalized spacial score (nSPS) is 11.5. The Bertz CT molecular complexity index is 789. The first-order chi connectivity index (χ1) is 10.4. The van der Waals surface area contributed by atoms with Gasteiger partial charge in [0.2, 0.25) is 5.24 Å². The van der Waals surface area contributed by atoms with Crippen molar-refractivity contribution in [2.24, 2.45) is 0 Å². The van der Waals surface area contributed by atoms with E-state index in [-0.39, 0.29) is 4.90 Å². The summed E-state index contributed by atoms with van der Waals surface area (Å²) < 4.78 is 26.0. The maximum atomic E-state index is 12.5. The predicted molar refractivity (Wildman–Crippen MR) is 91.4 cm³/mol. The van der Waals surface area contributed by atoms with Gasteiger partial charge in [0.05, 0.1) is 26.7 Å². The van der Waals surface area contributed by atoms with Gasteiger partial charge < -0.3 is 0 Å². The zero-order valence-corrected chi connectivity index (χ0v) is 14.3. The van der Waals surface area contributed by atoms with E-state index in [1.807, 2.05) is 0 Å². The number of rotatable bonds is 5. The van der Waals surface area contributed by atoms with Crippen LogP contribution in [0.1, 0.15) is 5.56 Å². The topological polar surface area (TPSA) is 54.5 Å². The third-order valence-corrected chi connectivity index (χ3v) is 5.93. The van der Waals surface area contributed by atoms with Crippen LogP contribution in [0.15, 0.2) is 65.6 Å². The number of anilines is 1. The zero-order chi connectivity index (χ0) is 16.2. The molecule has 0 saturated carbocycles. The summed E-state index contributed by atoms with van der Waals surface area (Å²) in [5.74, 6) is 0. The predicted octanol–water partition coefficient (Wildman–Crippen LogP) is 3.97. The Morgan fingerprint density at radius 1 is 1.05 bits per heavy atom. The molecule has 0 heterocycles. The molecule has 0 N–H and O–H groups in total. The lowest BCUT2D eigenvalue weighted by atomic mass is 10.2. The van der Waals surface area contributed by atoms with Gasteiger partial charge in [0.15, 0.2) is 0 Å². The summed E-state index contributed by atoms with van der Waals surface area (Å²) in [6.45, 7) is 0. The van der Waals surface area contributed by atoms with E-state index in [2.05, 4.69) is 16.1 Å². The molecule has 0 atom stereocenters. The van der Waals surface area contributed by atoms with Gasteiger partial charge in [0.1, 0.15) is 0 Å². The van der Waals surface area contributed by atoms with Crippen LogP contribution in [-0.2, 0) is 14.8 Å². The molecule has 7 heteroatoms. The summed E-state index contributed by atoms with van der Waals surface area (Å²) in [5.41, 5.74) is 1.17. The number of allylic oxidation sites excluding steroid dienone is 1. The van der Waals surface area contributed by atoms with Crippen molar-refractivity contribution in [2.75, 3.05) is 3.33 Å². The van der Waals surface area contributed by atoms with Crippen LogP contribution in [0.3, 0.4) is 0 Å². The molecule has 0 aliphatic heterocycles. The highest BCUT2D eigenvalue weighted by atomic mass is 79.9. The molecule has 0 bridgehead atoms. The Morgan fingerprint density at radius 3 is 2.18 bits per heavy atom. The average molecular weight is 401 g/mol. The molecule has 114 valence electrons. The van der Waals surface area contributed by atoms with Gasteiger partial charge in [-0.2, -0.15) is 3.33 Å². The number of halogens is 2. The largest absolute Gasteiger partial charge is 0.276 e. The summed E-state index contributed by atoms with van der Waals surface area (Å²) in [6.07, 6.45) is 2.71. The van der Waals surface area contributed by atoms with E-state index in [9.17, 15) is 13.2 Å². The number of carbonyl (C=O) groups is 1. The van der Waals surface area contributed by atoms with Crippen molar-refractivity contribution in [3.05, 3.63) is 66.2 Å². The molecule has 4 nitrogen and oxygen atoms in total. The lowest BCUT2D eigenvalue weighted by Crippen LogP contribution is -2.20. The highest BCUT2D eigenvalue weighted by molar-refractivity contribution is 9.11. The smallest absolute Gasteiger partial charge is 0.273 e. The van der Waals surface area contributed by atoms with Crippen LogP contribution < -0.4 is 3.33 Å². The second-order valence-electron chi connectivity index (χ2n) is 4.26. The first-order valence-electron chi connectivity index (χ1n) is 6.15. The number of hydrogen-bond acceptors (Lipinski definition) is 3. The Labute approximate surface area is 142 Å². The minimum absolute atomic E-state index is 0.127. The molecule has 0 aliphatic carbocycles. The van der Waals surface area contributed by atoms with Crippen molar-refractivity contribution in [1.82, 2.24) is 0 Å². The zero-order valence-electron chi connectivity index (χ0n) is 11.2. The van der Waals surface area contributed by atoms with Crippen LogP contribution >= 0.6 is 27.7 Å². The van der Waals surface area contributed by atoms with E-state index < -0.39 is 15.3 Å². The Kier molecular flexibility index (Phi) is 5.39. The fourth-order valence-electron chi connectivity index (χ4n) is 1.69. The Hall–Kier alpha value is -1.63. The fourth-order valence-corrected chi connectivity index (χ4v) is 3.55. The van der Waals surface area contributed by atoms with Crippen LogP contribution in [0.2, 0.25) is 0 Å². The first kappa shape index (κ1) is 16.7. The van der Waals surface area contributed by atoms with Crippen molar-refractivity contribution in [3.63, 3.8) is 0 Å². The maximum Gasteiger partial charge on any atom is 0.273 e.